The van der Waals surface area contributed by atoms with Crippen molar-refractivity contribution in [2.45, 2.75) is 53.6 Å². The fourth-order valence-corrected chi connectivity index (χ4v) is 3.38. The molecule has 3 aromatic rings. The zero-order valence-corrected chi connectivity index (χ0v) is 16.2. The average Bonchev–Trinajstić information content (AvgIpc) is 3.12. The van der Waals surface area contributed by atoms with E-state index in [2.05, 4.69) is 48.8 Å². The molecule has 0 saturated carbocycles. The molecule has 1 atom stereocenters. The monoisotopic (exact) mass is 354 g/mol. The van der Waals surface area contributed by atoms with Gasteiger partial charge in [-0.2, -0.15) is 0 Å². The van der Waals surface area contributed by atoms with Crippen LogP contribution >= 0.6 is 0 Å². The van der Waals surface area contributed by atoms with E-state index in [1.807, 2.05) is 18.2 Å². The Morgan fingerprint density at radius 2 is 1.85 bits per heavy atom. The SMILES string of the molecule is Cc1noc(C)c1C(=O)N[C@H](c1nc2ccccc2n1C(C)C)C(C)C. The smallest absolute Gasteiger partial charge is 0.257 e. The Labute approximate surface area is 153 Å². The number of nitrogens with zero attached hydrogens (tertiary/aromatic N) is 3. The van der Waals surface area contributed by atoms with Crippen molar-refractivity contribution < 1.29 is 9.32 Å². The summed E-state index contributed by atoms with van der Waals surface area (Å²) >= 11 is 0. The van der Waals surface area contributed by atoms with E-state index in [-0.39, 0.29) is 23.9 Å². The number of amides is 1. The zero-order chi connectivity index (χ0) is 19.0. The summed E-state index contributed by atoms with van der Waals surface area (Å²) in [4.78, 5) is 17.7. The summed E-state index contributed by atoms with van der Waals surface area (Å²) in [5.41, 5.74) is 3.12. The molecule has 0 aliphatic carbocycles. The minimum absolute atomic E-state index is 0.175. The van der Waals surface area contributed by atoms with Gasteiger partial charge in [0.1, 0.15) is 17.1 Å². The van der Waals surface area contributed by atoms with Gasteiger partial charge in [-0.05, 0) is 45.7 Å². The molecule has 6 heteroatoms. The highest BCUT2D eigenvalue weighted by Crippen LogP contribution is 2.29. The van der Waals surface area contributed by atoms with Crippen molar-refractivity contribution in [1.82, 2.24) is 20.0 Å². The second-order valence-corrected chi connectivity index (χ2v) is 7.32. The van der Waals surface area contributed by atoms with E-state index in [4.69, 9.17) is 9.51 Å². The summed E-state index contributed by atoms with van der Waals surface area (Å²) in [6.45, 7) is 12.0. The first-order valence-corrected chi connectivity index (χ1v) is 9.01. The zero-order valence-electron chi connectivity index (χ0n) is 16.2. The summed E-state index contributed by atoms with van der Waals surface area (Å²) in [6.07, 6.45) is 0. The summed E-state index contributed by atoms with van der Waals surface area (Å²) < 4.78 is 7.34. The van der Waals surface area contributed by atoms with Gasteiger partial charge in [-0.15, -0.1) is 0 Å². The molecule has 0 spiro atoms. The summed E-state index contributed by atoms with van der Waals surface area (Å²) in [5, 5.41) is 7.04. The van der Waals surface area contributed by atoms with E-state index >= 15 is 0 Å². The van der Waals surface area contributed by atoms with E-state index in [1.54, 1.807) is 13.8 Å². The van der Waals surface area contributed by atoms with Crippen molar-refractivity contribution >= 4 is 16.9 Å². The van der Waals surface area contributed by atoms with Gasteiger partial charge in [-0.25, -0.2) is 4.98 Å². The molecule has 0 unspecified atom stereocenters. The first-order chi connectivity index (χ1) is 12.3. The highest BCUT2D eigenvalue weighted by molar-refractivity contribution is 5.96. The molecule has 1 amide bonds. The van der Waals surface area contributed by atoms with Crippen LogP contribution in [0.15, 0.2) is 28.8 Å². The summed E-state index contributed by atoms with van der Waals surface area (Å²) in [7, 11) is 0. The van der Waals surface area contributed by atoms with E-state index in [1.165, 1.54) is 0 Å². The molecule has 2 heterocycles. The predicted octanol–water partition coefficient (Wildman–Crippen LogP) is 4.35. The fourth-order valence-electron chi connectivity index (χ4n) is 3.38. The number of aromatic nitrogens is 3. The number of fused-ring (bicyclic) bond motifs is 1. The molecule has 6 nitrogen and oxygen atoms in total. The number of rotatable bonds is 5. The fraction of sp³-hybridized carbons (Fsp3) is 0.450. The Kier molecular flexibility index (Phi) is 4.85. The van der Waals surface area contributed by atoms with E-state index in [0.29, 0.717) is 17.0 Å². The first-order valence-electron chi connectivity index (χ1n) is 9.01. The van der Waals surface area contributed by atoms with Crippen LogP contribution in [0.4, 0.5) is 0 Å². The number of nitrogens with one attached hydrogen (secondary N) is 1. The second-order valence-electron chi connectivity index (χ2n) is 7.32. The van der Waals surface area contributed by atoms with Crippen LogP contribution in [0.1, 0.15) is 67.4 Å². The van der Waals surface area contributed by atoms with Crippen LogP contribution < -0.4 is 5.32 Å². The van der Waals surface area contributed by atoms with Gasteiger partial charge < -0.3 is 14.4 Å². The Hall–Kier alpha value is -2.63. The number of hydrogen-bond donors (Lipinski definition) is 1. The largest absolute Gasteiger partial charge is 0.361 e. The van der Waals surface area contributed by atoms with Gasteiger partial charge in [-0.3, -0.25) is 4.79 Å². The van der Waals surface area contributed by atoms with Gasteiger partial charge >= 0.3 is 0 Å². The Morgan fingerprint density at radius 1 is 1.15 bits per heavy atom. The van der Waals surface area contributed by atoms with E-state index < -0.39 is 0 Å². The Balaban J connectivity index is 2.05. The lowest BCUT2D eigenvalue weighted by Gasteiger charge is -2.24. The van der Waals surface area contributed by atoms with Crippen molar-refractivity contribution in [3.05, 3.63) is 47.1 Å². The van der Waals surface area contributed by atoms with Gasteiger partial charge in [0, 0.05) is 6.04 Å². The maximum Gasteiger partial charge on any atom is 0.257 e. The molecule has 1 aromatic carbocycles. The van der Waals surface area contributed by atoms with Gasteiger partial charge in [0.25, 0.3) is 5.91 Å². The van der Waals surface area contributed by atoms with E-state index in [0.717, 1.165) is 16.9 Å². The molecule has 1 N–H and O–H groups in total. The Bertz CT molecular complexity index is 917. The summed E-state index contributed by atoms with van der Waals surface area (Å²) in [6, 6.07) is 8.08. The van der Waals surface area contributed by atoms with Crippen LogP contribution in [-0.4, -0.2) is 20.6 Å². The first kappa shape index (κ1) is 18.2. The van der Waals surface area contributed by atoms with Crippen LogP contribution in [0.2, 0.25) is 0 Å². The van der Waals surface area contributed by atoms with Crippen LogP contribution in [0.5, 0.6) is 0 Å². The molecule has 0 bridgehead atoms. The second kappa shape index (κ2) is 6.94. The molecule has 2 aromatic heterocycles. The molecular formula is C20H26N4O2. The lowest BCUT2D eigenvalue weighted by molar-refractivity contribution is 0.0919. The quantitative estimate of drug-likeness (QED) is 0.739. The third kappa shape index (κ3) is 3.11. The van der Waals surface area contributed by atoms with Crippen LogP contribution in [0.25, 0.3) is 11.0 Å². The van der Waals surface area contributed by atoms with Gasteiger partial charge in [0.05, 0.1) is 22.8 Å². The molecule has 0 aliphatic rings. The molecule has 0 aliphatic heterocycles. The van der Waals surface area contributed by atoms with Gasteiger partial charge in [0.15, 0.2) is 0 Å². The third-order valence-corrected chi connectivity index (χ3v) is 4.63. The molecule has 26 heavy (non-hydrogen) atoms. The number of aryl methyl sites for hydroxylation is 2. The molecule has 3 rings (SSSR count). The molecular weight excluding hydrogens is 328 g/mol. The van der Waals surface area contributed by atoms with Gasteiger partial charge in [-0.1, -0.05) is 31.1 Å². The van der Waals surface area contributed by atoms with Crippen molar-refractivity contribution in [3.8, 4) is 0 Å². The number of imidazole rings is 1. The Morgan fingerprint density at radius 3 is 2.42 bits per heavy atom. The maximum atomic E-state index is 12.9. The van der Waals surface area contributed by atoms with Gasteiger partial charge in [0.2, 0.25) is 0 Å². The van der Waals surface area contributed by atoms with Crippen molar-refractivity contribution in [2.75, 3.05) is 0 Å². The molecule has 138 valence electrons. The van der Waals surface area contributed by atoms with Crippen LogP contribution in [0.3, 0.4) is 0 Å². The van der Waals surface area contributed by atoms with Crippen LogP contribution in [0, 0.1) is 19.8 Å². The molecule has 0 fully saturated rings. The lowest BCUT2D eigenvalue weighted by Crippen LogP contribution is -2.34. The van der Waals surface area contributed by atoms with E-state index in [9.17, 15) is 4.79 Å². The van der Waals surface area contributed by atoms with Crippen molar-refractivity contribution in [3.63, 3.8) is 0 Å². The molecule has 0 saturated heterocycles. The number of carbonyl (C=O) groups excluding carboxylic acids is 1. The minimum atomic E-state index is -0.217. The summed E-state index contributed by atoms with van der Waals surface area (Å²) in [5.74, 6) is 1.40. The third-order valence-electron chi connectivity index (χ3n) is 4.63. The number of hydrogen-bond acceptors (Lipinski definition) is 4. The normalized spacial score (nSPS) is 12.9. The lowest BCUT2D eigenvalue weighted by atomic mass is 10.0. The number of carbonyl (C=O) groups is 1. The average molecular weight is 354 g/mol. The number of para-hydroxylation sites is 2. The van der Waals surface area contributed by atoms with Crippen molar-refractivity contribution in [1.29, 1.82) is 0 Å². The van der Waals surface area contributed by atoms with Crippen LogP contribution in [-0.2, 0) is 0 Å². The highest BCUT2D eigenvalue weighted by Gasteiger charge is 2.28. The minimum Gasteiger partial charge on any atom is -0.361 e. The van der Waals surface area contributed by atoms with Crippen molar-refractivity contribution in [2.24, 2.45) is 5.92 Å². The highest BCUT2D eigenvalue weighted by atomic mass is 16.5. The maximum absolute atomic E-state index is 12.9. The number of benzene rings is 1. The molecule has 0 radical (unpaired) electrons. The standard InChI is InChI=1S/C20H26N4O2/c1-11(2)18(22-20(25)17-13(5)23-26-14(17)6)19-21-15-9-7-8-10-16(15)24(19)12(3)4/h7-12,18H,1-6H3,(H,22,25)/t18-/m0/s1. The topological polar surface area (TPSA) is 73.0 Å². The predicted molar refractivity (Wildman–Crippen MR) is 101 cm³/mol.